The maximum Gasteiger partial charge on any atom is 0.232 e. The van der Waals surface area contributed by atoms with Gasteiger partial charge in [-0.15, -0.1) is 0 Å². The molecule has 0 aliphatic carbocycles. The highest BCUT2D eigenvalue weighted by molar-refractivity contribution is 5.96. The highest BCUT2D eigenvalue weighted by Crippen LogP contribution is 2.36. The van der Waals surface area contributed by atoms with Gasteiger partial charge in [-0.05, 0) is 37.1 Å². The van der Waals surface area contributed by atoms with Crippen molar-refractivity contribution in [2.45, 2.75) is 12.8 Å². The van der Waals surface area contributed by atoms with Crippen molar-refractivity contribution >= 4 is 17.5 Å². The van der Waals surface area contributed by atoms with Crippen LogP contribution in [-0.2, 0) is 4.79 Å². The van der Waals surface area contributed by atoms with Crippen LogP contribution in [0, 0.1) is 11.2 Å². The van der Waals surface area contributed by atoms with E-state index in [4.69, 9.17) is 0 Å². The van der Waals surface area contributed by atoms with Gasteiger partial charge in [-0.2, -0.15) is 0 Å². The second-order valence-electron chi connectivity index (χ2n) is 5.94. The maximum atomic E-state index is 13.3. The van der Waals surface area contributed by atoms with Crippen molar-refractivity contribution in [2.75, 3.05) is 29.9 Å². The molecule has 1 fully saturated rings. The third kappa shape index (κ3) is 3.35. The number of nitrogens with one attached hydrogen (secondary N) is 1. The molecule has 6 nitrogen and oxygen atoms in total. The largest absolute Gasteiger partial charge is 0.396 e. The molecule has 126 valence electrons. The van der Waals surface area contributed by atoms with Gasteiger partial charge in [0, 0.05) is 37.8 Å². The van der Waals surface area contributed by atoms with Crippen LogP contribution in [0.5, 0.6) is 0 Å². The van der Waals surface area contributed by atoms with E-state index < -0.39 is 11.2 Å². The van der Waals surface area contributed by atoms with Gasteiger partial charge in [-0.3, -0.25) is 4.79 Å². The van der Waals surface area contributed by atoms with E-state index in [1.54, 1.807) is 30.6 Å². The van der Waals surface area contributed by atoms with Crippen molar-refractivity contribution in [1.29, 1.82) is 0 Å². The molecule has 1 amide bonds. The predicted octanol–water partition coefficient (Wildman–Crippen LogP) is 1.83. The summed E-state index contributed by atoms with van der Waals surface area (Å²) in [6.45, 7) is 0.944. The average Bonchev–Trinajstić information content (AvgIpc) is 3.02. The summed E-state index contributed by atoms with van der Waals surface area (Å²) in [6, 6.07) is 7.51. The van der Waals surface area contributed by atoms with Crippen molar-refractivity contribution in [2.24, 2.45) is 5.41 Å². The van der Waals surface area contributed by atoms with E-state index in [9.17, 15) is 14.3 Å². The van der Waals surface area contributed by atoms with Crippen molar-refractivity contribution < 1.29 is 14.3 Å². The molecule has 1 aromatic carbocycles. The van der Waals surface area contributed by atoms with Crippen LogP contribution in [0.3, 0.4) is 0 Å². The van der Waals surface area contributed by atoms with Crippen LogP contribution in [0.1, 0.15) is 12.8 Å². The smallest absolute Gasteiger partial charge is 0.232 e. The van der Waals surface area contributed by atoms with Crippen LogP contribution in [0.15, 0.2) is 42.7 Å². The minimum atomic E-state index is -0.750. The fraction of sp³-hybridized carbons (Fsp3) is 0.353. The molecular formula is C17H19FN4O2. The Bertz CT molecular complexity index is 713. The van der Waals surface area contributed by atoms with E-state index in [2.05, 4.69) is 15.3 Å². The first-order valence-electron chi connectivity index (χ1n) is 7.83. The molecule has 7 heteroatoms. The lowest BCUT2D eigenvalue weighted by Gasteiger charge is -2.27. The third-order valence-corrected chi connectivity index (χ3v) is 4.34. The number of nitrogens with zero attached hydrogens (tertiary/aromatic N) is 3. The molecule has 1 unspecified atom stereocenters. The second kappa shape index (κ2) is 6.92. The van der Waals surface area contributed by atoms with Crippen molar-refractivity contribution in [3.05, 3.63) is 48.5 Å². The molecule has 3 rings (SSSR count). The summed E-state index contributed by atoms with van der Waals surface area (Å²) < 4.78 is 13.3. The van der Waals surface area contributed by atoms with Crippen LogP contribution in [0.4, 0.5) is 16.0 Å². The first kappa shape index (κ1) is 16.3. The summed E-state index contributed by atoms with van der Waals surface area (Å²) in [5, 5.41) is 12.2. The van der Waals surface area contributed by atoms with Gasteiger partial charge in [0.15, 0.2) is 0 Å². The first-order chi connectivity index (χ1) is 11.6. The summed E-state index contributed by atoms with van der Waals surface area (Å²) in [4.78, 5) is 23.2. The van der Waals surface area contributed by atoms with Gasteiger partial charge in [0.25, 0.3) is 0 Å². The van der Waals surface area contributed by atoms with Gasteiger partial charge >= 0.3 is 0 Å². The molecule has 1 aromatic heterocycles. The minimum absolute atomic E-state index is 0.0972. The lowest BCUT2D eigenvalue weighted by atomic mass is 9.82. The number of aromatic nitrogens is 2. The molecule has 1 atom stereocenters. The van der Waals surface area contributed by atoms with Crippen LogP contribution < -0.4 is 10.2 Å². The molecule has 2 heterocycles. The van der Waals surface area contributed by atoms with Crippen LogP contribution in [0.2, 0.25) is 0 Å². The summed E-state index contributed by atoms with van der Waals surface area (Å²) in [6.07, 6.45) is 4.22. The lowest BCUT2D eigenvalue weighted by Crippen LogP contribution is -2.40. The number of rotatable bonds is 5. The van der Waals surface area contributed by atoms with Gasteiger partial charge in [0.05, 0.1) is 5.41 Å². The fourth-order valence-corrected chi connectivity index (χ4v) is 3.04. The first-order valence-corrected chi connectivity index (χ1v) is 7.83. The Hall–Kier alpha value is -2.54. The molecule has 2 N–H and O–H groups in total. The van der Waals surface area contributed by atoms with Gasteiger partial charge in [0.2, 0.25) is 11.9 Å². The van der Waals surface area contributed by atoms with E-state index in [1.807, 2.05) is 4.90 Å². The standard InChI is InChI=1S/C17H19FN4O2/c18-13-3-1-4-14(11-13)21-15(24)17(6-10-23)5-9-22(12-17)16-19-7-2-8-20-16/h1-4,7-8,11,23H,5-6,9-10,12H2,(H,21,24). The number of carbonyl (C=O) groups excluding carboxylic acids is 1. The number of hydrogen-bond acceptors (Lipinski definition) is 5. The van der Waals surface area contributed by atoms with E-state index in [1.165, 1.54) is 12.1 Å². The lowest BCUT2D eigenvalue weighted by molar-refractivity contribution is -0.125. The van der Waals surface area contributed by atoms with Gasteiger partial charge in [-0.25, -0.2) is 14.4 Å². The number of anilines is 2. The average molecular weight is 330 g/mol. The van der Waals surface area contributed by atoms with Gasteiger partial charge in [-0.1, -0.05) is 6.07 Å². The highest BCUT2D eigenvalue weighted by atomic mass is 19.1. The number of aliphatic hydroxyl groups excluding tert-OH is 1. The summed E-state index contributed by atoms with van der Waals surface area (Å²) >= 11 is 0. The Labute approximate surface area is 139 Å². The van der Waals surface area contributed by atoms with E-state index in [0.29, 0.717) is 37.6 Å². The topological polar surface area (TPSA) is 78.4 Å². The van der Waals surface area contributed by atoms with Crippen LogP contribution >= 0.6 is 0 Å². The van der Waals surface area contributed by atoms with Crippen LogP contribution in [-0.4, -0.2) is 40.7 Å². The number of benzene rings is 1. The Kier molecular flexibility index (Phi) is 4.71. The Morgan fingerprint density at radius 1 is 1.33 bits per heavy atom. The van der Waals surface area contributed by atoms with E-state index in [-0.39, 0.29) is 12.5 Å². The van der Waals surface area contributed by atoms with E-state index >= 15 is 0 Å². The van der Waals surface area contributed by atoms with E-state index in [0.717, 1.165) is 0 Å². The zero-order valence-electron chi connectivity index (χ0n) is 13.2. The Balaban J connectivity index is 1.77. The Morgan fingerprint density at radius 2 is 2.12 bits per heavy atom. The molecule has 24 heavy (non-hydrogen) atoms. The molecule has 0 radical (unpaired) electrons. The minimum Gasteiger partial charge on any atom is -0.396 e. The second-order valence-corrected chi connectivity index (χ2v) is 5.94. The number of hydrogen-bond donors (Lipinski definition) is 2. The van der Waals surface area contributed by atoms with Crippen LogP contribution in [0.25, 0.3) is 0 Å². The summed E-state index contributed by atoms with van der Waals surface area (Å²) in [5.41, 5.74) is -0.341. The molecule has 1 saturated heterocycles. The normalized spacial score (nSPS) is 20.2. The zero-order valence-corrected chi connectivity index (χ0v) is 13.2. The van der Waals surface area contributed by atoms with Crippen molar-refractivity contribution in [1.82, 2.24) is 9.97 Å². The number of carbonyl (C=O) groups is 1. The SMILES string of the molecule is O=C(Nc1cccc(F)c1)C1(CCO)CCN(c2ncccn2)C1. The van der Waals surface area contributed by atoms with Gasteiger partial charge in [0.1, 0.15) is 5.82 Å². The van der Waals surface area contributed by atoms with Gasteiger partial charge < -0.3 is 15.3 Å². The molecule has 0 saturated carbocycles. The number of amides is 1. The molecule has 2 aromatic rings. The summed E-state index contributed by atoms with van der Waals surface area (Å²) in [7, 11) is 0. The molecule has 0 spiro atoms. The molecular weight excluding hydrogens is 311 g/mol. The molecule has 1 aliphatic heterocycles. The predicted molar refractivity (Wildman–Crippen MR) is 88.0 cm³/mol. The Morgan fingerprint density at radius 3 is 2.83 bits per heavy atom. The third-order valence-electron chi connectivity index (χ3n) is 4.34. The molecule has 0 bridgehead atoms. The summed E-state index contributed by atoms with van der Waals surface area (Å²) in [5.74, 6) is -0.0637. The molecule has 1 aliphatic rings. The number of halogens is 1. The van der Waals surface area contributed by atoms with Crippen molar-refractivity contribution in [3.8, 4) is 0 Å². The highest BCUT2D eigenvalue weighted by Gasteiger charge is 2.44. The monoisotopic (exact) mass is 330 g/mol. The quantitative estimate of drug-likeness (QED) is 0.874. The zero-order chi connectivity index (χ0) is 17.0. The maximum absolute atomic E-state index is 13.3. The fourth-order valence-electron chi connectivity index (χ4n) is 3.04. The number of aliphatic hydroxyl groups is 1. The van der Waals surface area contributed by atoms with Crippen molar-refractivity contribution in [3.63, 3.8) is 0 Å².